The number of methoxy groups -OCH3 is 1. The minimum atomic E-state index is -0.599. The number of para-hydroxylation sites is 1. The number of hydrogen-bond donors (Lipinski definition) is 2. The van der Waals surface area contributed by atoms with E-state index in [-0.39, 0.29) is 36.6 Å². The van der Waals surface area contributed by atoms with Crippen LogP contribution < -0.4 is 15.0 Å². The van der Waals surface area contributed by atoms with Gasteiger partial charge in [-0.15, -0.1) is 0 Å². The first kappa shape index (κ1) is 21.1. The SMILES string of the molecule is COC1CC1NC(=O)CN1C(=O)C2(CCC(Oc3cnc4[nH]ncc4c3)CC2)c2ccccc21. The number of benzene rings is 1. The molecule has 1 spiro atoms. The third-order valence-corrected chi connectivity index (χ3v) is 7.40. The fourth-order valence-corrected chi connectivity index (χ4v) is 5.49. The number of pyridine rings is 1. The first-order chi connectivity index (χ1) is 16.6. The number of H-pyrrole nitrogens is 1. The third kappa shape index (κ3) is 3.51. The number of anilines is 1. The number of nitrogens with zero attached hydrogens (tertiary/aromatic N) is 3. The summed E-state index contributed by atoms with van der Waals surface area (Å²) in [7, 11) is 1.65. The molecule has 2 saturated carbocycles. The third-order valence-electron chi connectivity index (χ3n) is 7.40. The number of fused-ring (bicyclic) bond motifs is 3. The zero-order chi connectivity index (χ0) is 23.3. The van der Waals surface area contributed by atoms with Crippen LogP contribution in [0.1, 0.15) is 37.7 Å². The van der Waals surface area contributed by atoms with E-state index in [9.17, 15) is 9.59 Å². The molecule has 0 bridgehead atoms. The van der Waals surface area contributed by atoms with Gasteiger partial charge in [0.05, 0.1) is 36.1 Å². The molecule has 2 unspecified atom stereocenters. The molecule has 2 aliphatic carbocycles. The van der Waals surface area contributed by atoms with Gasteiger partial charge in [0.2, 0.25) is 11.8 Å². The molecular formula is C25H27N5O4. The number of hydrogen-bond acceptors (Lipinski definition) is 6. The van der Waals surface area contributed by atoms with Crippen LogP contribution >= 0.6 is 0 Å². The summed E-state index contributed by atoms with van der Waals surface area (Å²) in [6, 6.07) is 9.84. The molecular weight excluding hydrogens is 434 g/mol. The van der Waals surface area contributed by atoms with E-state index < -0.39 is 5.41 Å². The molecule has 9 heteroatoms. The highest BCUT2D eigenvalue weighted by Crippen LogP contribution is 2.50. The molecule has 3 aromatic rings. The van der Waals surface area contributed by atoms with Crippen LogP contribution in [0.4, 0.5) is 5.69 Å². The lowest BCUT2D eigenvalue weighted by atomic mass is 9.69. The molecule has 3 heterocycles. The Labute approximate surface area is 196 Å². The maximum absolute atomic E-state index is 13.7. The van der Waals surface area contributed by atoms with Crippen LogP contribution in [0.25, 0.3) is 11.0 Å². The molecule has 2 N–H and O–H groups in total. The monoisotopic (exact) mass is 461 g/mol. The average molecular weight is 462 g/mol. The van der Waals surface area contributed by atoms with Crippen molar-refractivity contribution in [1.82, 2.24) is 20.5 Å². The van der Waals surface area contributed by atoms with Crippen molar-refractivity contribution < 1.29 is 19.1 Å². The summed E-state index contributed by atoms with van der Waals surface area (Å²) >= 11 is 0. The summed E-state index contributed by atoms with van der Waals surface area (Å²) in [5.41, 5.74) is 1.99. The Balaban J connectivity index is 1.16. The Morgan fingerprint density at radius 3 is 2.88 bits per heavy atom. The van der Waals surface area contributed by atoms with Gasteiger partial charge in [0.15, 0.2) is 5.65 Å². The Hall–Kier alpha value is -3.46. The van der Waals surface area contributed by atoms with Gasteiger partial charge in [0.1, 0.15) is 12.3 Å². The zero-order valence-corrected chi connectivity index (χ0v) is 19.0. The first-order valence-electron chi connectivity index (χ1n) is 11.8. The topological polar surface area (TPSA) is 109 Å². The average Bonchev–Trinajstić information content (AvgIpc) is 3.37. The van der Waals surface area contributed by atoms with Crippen molar-refractivity contribution in [2.24, 2.45) is 0 Å². The highest BCUT2D eigenvalue weighted by molar-refractivity contribution is 6.10. The molecule has 176 valence electrons. The Kier molecular flexibility index (Phi) is 5.02. The van der Waals surface area contributed by atoms with Gasteiger partial charge in [0, 0.05) is 18.2 Å². The maximum Gasteiger partial charge on any atom is 0.240 e. The predicted molar refractivity (Wildman–Crippen MR) is 125 cm³/mol. The van der Waals surface area contributed by atoms with Crippen molar-refractivity contribution >= 4 is 28.5 Å². The largest absolute Gasteiger partial charge is 0.489 e. The Morgan fingerprint density at radius 2 is 2.09 bits per heavy atom. The van der Waals surface area contributed by atoms with E-state index in [0.717, 1.165) is 41.5 Å². The molecule has 2 fully saturated rings. The normalized spacial score (nSPS) is 27.7. The van der Waals surface area contributed by atoms with Crippen molar-refractivity contribution in [2.45, 2.75) is 55.8 Å². The van der Waals surface area contributed by atoms with E-state index in [0.29, 0.717) is 18.6 Å². The number of rotatable bonds is 6. The number of amides is 2. The number of nitrogens with one attached hydrogen (secondary N) is 2. The van der Waals surface area contributed by atoms with Gasteiger partial charge >= 0.3 is 0 Å². The van der Waals surface area contributed by atoms with Crippen LogP contribution in [0.3, 0.4) is 0 Å². The molecule has 2 amide bonds. The second-order valence-electron chi connectivity index (χ2n) is 9.47. The number of aromatic nitrogens is 3. The van der Waals surface area contributed by atoms with E-state index >= 15 is 0 Å². The van der Waals surface area contributed by atoms with E-state index in [1.165, 1.54) is 0 Å². The lowest BCUT2D eigenvalue weighted by Crippen LogP contribution is -2.47. The van der Waals surface area contributed by atoms with Gasteiger partial charge < -0.3 is 19.7 Å². The van der Waals surface area contributed by atoms with Crippen LogP contribution in [-0.4, -0.2) is 58.9 Å². The number of carbonyl (C=O) groups is 2. The van der Waals surface area contributed by atoms with Crippen molar-refractivity contribution in [3.63, 3.8) is 0 Å². The van der Waals surface area contributed by atoms with Gasteiger partial charge in [-0.3, -0.25) is 14.7 Å². The summed E-state index contributed by atoms with van der Waals surface area (Å²) in [6.45, 7) is 0.0286. The second-order valence-corrected chi connectivity index (χ2v) is 9.47. The molecule has 1 aromatic carbocycles. The predicted octanol–water partition coefficient (Wildman–Crippen LogP) is 2.47. The molecule has 2 aromatic heterocycles. The molecule has 0 saturated heterocycles. The highest BCUT2D eigenvalue weighted by Gasteiger charge is 2.52. The van der Waals surface area contributed by atoms with Gasteiger partial charge in [-0.05, 0) is 49.8 Å². The van der Waals surface area contributed by atoms with Gasteiger partial charge in [-0.25, -0.2) is 4.98 Å². The van der Waals surface area contributed by atoms with Crippen LogP contribution in [-0.2, 0) is 19.7 Å². The Bertz CT molecular complexity index is 1250. The van der Waals surface area contributed by atoms with Crippen molar-refractivity contribution in [1.29, 1.82) is 0 Å². The zero-order valence-electron chi connectivity index (χ0n) is 19.0. The van der Waals surface area contributed by atoms with E-state index in [1.807, 2.05) is 30.3 Å². The summed E-state index contributed by atoms with van der Waals surface area (Å²) in [6.07, 6.45) is 7.20. The molecule has 3 aliphatic rings. The fraction of sp³-hybridized carbons (Fsp3) is 0.440. The lowest BCUT2D eigenvalue weighted by molar-refractivity contribution is -0.127. The van der Waals surface area contributed by atoms with Crippen molar-refractivity contribution in [3.8, 4) is 5.75 Å². The standard InChI is InChI=1S/C25H27N5O4/c1-33-21-11-19(21)28-22(31)14-30-20-5-3-2-4-18(20)25(24(30)32)8-6-16(7-9-25)34-17-10-15-12-27-29-23(15)26-13-17/h2-5,10,12-13,16,19,21H,6-9,11,14H2,1H3,(H,28,31)(H,26,27,29). The highest BCUT2D eigenvalue weighted by atomic mass is 16.5. The molecule has 9 nitrogen and oxygen atoms in total. The van der Waals surface area contributed by atoms with E-state index in [2.05, 4.69) is 20.5 Å². The lowest BCUT2D eigenvalue weighted by Gasteiger charge is -2.36. The number of carbonyl (C=O) groups excluding carboxylic acids is 2. The minimum Gasteiger partial charge on any atom is -0.489 e. The smallest absolute Gasteiger partial charge is 0.240 e. The minimum absolute atomic E-state index is 0.00920. The number of ether oxygens (including phenoxy) is 2. The summed E-state index contributed by atoms with van der Waals surface area (Å²) in [5, 5.41) is 10.7. The van der Waals surface area contributed by atoms with Crippen LogP contribution in [0, 0.1) is 0 Å². The summed E-state index contributed by atoms with van der Waals surface area (Å²) in [5.74, 6) is 0.576. The van der Waals surface area contributed by atoms with Gasteiger partial charge in [0.25, 0.3) is 0 Å². The molecule has 1 aliphatic heterocycles. The summed E-state index contributed by atoms with van der Waals surface area (Å²) in [4.78, 5) is 32.4. The molecule has 0 radical (unpaired) electrons. The van der Waals surface area contributed by atoms with Gasteiger partial charge in [-0.2, -0.15) is 5.10 Å². The van der Waals surface area contributed by atoms with Crippen LogP contribution in [0.5, 0.6) is 5.75 Å². The fourth-order valence-electron chi connectivity index (χ4n) is 5.49. The number of aromatic amines is 1. The molecule has 2 atom stereocenters. The van der Waals surface area contributed by atoms with Crippen molar-refractivity contribution in [2.75, 3.05) is 18.6 Å². The van der Waals surface area contributed by atoms with Crippen molar-refractivity contribution in [3.05, 3.63) is 48.3 Å². The van der Waals surface area contributed by atoms with E-state index in [4.69, 9.17) is 9.47 Å². The Morgan fingerprint density at radius 1 is 1.26 bits per heavy atom. The van der Waals surface area contributed by atoms with Crippen LogP contribution in [0.15, 0.2) is 42.7 Å². The maximum atomic E-state index is 13.7. The summed E-state index contributed by atoms with van der Waals surface area (Å²) < 4.78 is 11.5. The molecule has 6 rings (SSSR count). The second kappa shape index (κ2) is 8.09. The van der Waals surface area contributed by atoms with E-state index in [1.54, 1.807) is 24.4 Å². The van der Waals surface area contributed by atoms with Crippen LogP contribution in [0.2, 0.25) is 0 Å². The van der Waals surface area contributed by atoms with Gasteiger partial charge in [-0.1, -0.05) is 18.2 Å². The molecule has 34 heavy (non-hydrogen) atoms. The quantitative estimate of drug-likeness (QED) is 0.584. The first-order valence-corrected chi connectivity index (χ1v) is 11.8.